The number of rotatable bonds is 7. The minimum Gasteiger partial charge on any atom is -0.497 e. The number of hydrogen-bond donors (Lipinski definition) is 1. The number of hydrogen-bond acceptors (Lipinski definition) is 5. The SMILES string of the molecule is CCN(CC)c1ccc(C=NNC(=O)c2sc3cc(OC)ccc3c2Cl)cc1. The van der Waals surface area contributed by atoms with Gasteiger partial charge < -0.3 is 9.64 Å². The van der Waals surface area contributed by atoms with Gasteiger partial charge in [-0.3, -0.25) is 4.79 Å². The van der Waals surface area contributed by atoms with Crippen LogP contribution in [0.15, 0.2) is 47.6 Å². The highest BCUT2D eigenvalue weighted by molar-refractivity contribution is 7.21. The largest absolute Gasteiger partial charge is 0.497 e. The monoisotopic (exact) mass is 415 g/mol. The van der Waals surface area contributed by atoms with E-state index in [2.05, 4.69) is 29.3 Å². The van der Waals surface area contributed by atoms with Crippen LogP contribution in [-0.4, -0.2) is 32.3 Å². The zero-order valence-corrected chi connectivity index (χ0v) is 17.6. The highest BCUT2D eigenvalue weighted by atomic mass is 35.5. The van der Waals surface area contributed by atoms with Crippen LogP contribution in [-0.2, 0) is 0 Å². The standard InChI is InChI=1S/C21H22ClN3O2S/c1-4-25(5-2)15-8-6-14(7-9-15)13-23-24-21(26)20-19(22)17-11-10-16(27-3)12-18(17)28-20/h6-13H,4-5H2,1-3H3,(H,24,26). The predicted molar refractivity (Wildman–Crippen MR) is 118 cm³/mol. The molecule has 0 saturated heterocycles. The Kier molecular flexibility index (Phi) is 6.54. The molecule has 0 atom stereocenters. The summed E-state index contributed by atoms with van der Waals surface area (Å²) in [5, 5.41) is 5.32. The molecule has 0 spiro atoms. The van der Waals surface area contributed by atoms with Gasteiger partial charge in [-0.15, -0.1) is 11.3 Å². The first-order valence-electron chi connectivity index (χ1n) is 9.01. The molecule has 146 valence electrons. The Bertz CT molecular complexity index is 995. The second-order valence-corrected chi connectivity index (χ2v) is 7.50. The number of carbonyl (C=O) groups is 1. The lowest BCUT2D eigenvalue weighted by molar-refractivity contribution is 0.0959. The van der Waals surface area contributed by atoms with Crippen molar-refractivity contribution in [1.29, 1.82) is 0 Å². The number of methoxy groups -OCH3 is 1. The van der Waals surface area contributed by atoms with Gasteiger partial charge in [0, 0.05) is 28.9 Å². The number of fused-ring (bicyclic) bond motifs is 1. The van der Waals surface area contributed by atoms with Crippen molar-refractivity contribution >= 4 is 50.8 Å². The van der Waals surface area contributed by atoms with Gasteiger partial charge in [-0.25, -0.2) is 5.43 Å². The smallest absolute Gasteiger partial charge is 0.283 e. The summed E-state index contributed by atoms with van der Waals surface area (Å²) >= 11 is 7.68. The van der Waals surface area contributed by atoms with Crippen LogP contribution in [0.1, 0.15) is 29.1 Å². The van der Waals surface area contributed by atoms with Crippen LogP contribution >= 0.6 is 22.9 Å². The van der Waals surface area contributed by atoms with E-state index in [-0.39, 0.29) is 5.91 Å². The van der Waals surface area contributed by atoms with Crippen molar-refractivity contribution in [2.45, 2.75) is 13.8 Å². The molecule has 1 N–H and O–H groups in total. The normalized spacial score (nSPS) is 11.1. The number of benzene rings is 2. The van der Waals surface area contributed by atoms with Crippen LogP contribution in [0, 0.1) is 0 Å². The maximum Gasteiger partial charge on any atom is 0.283 e. The number of anilines is 1. The Balaban J connectivity index is 1.70. The number of nitrogens with zero attached hydrogens (tertiary/aromatic N) is 2. The highest BCUT2D eigenvalue weighted by Crippen LogP contribution is 2.37. The molecule has 0 aliphatic heterocycles. The lowest BCUT2D eigenvalue weighted by Gasteiger charge is -2.20. The third-order valence-electron chi connectivity index (χ3n) is 4.44. The van der Waals surface area contributed by atoms with E-state index in [1.807, 2.05) is 42.5 Å². The Morgan fingerprint density at radius 2 is 1.93 bits per heavy atom. The Morgan fingerprint density at radius 1 is 1.21 bits per heavy atom. The molecule has 0 fully saturated rings. The number of hydrazone groups is 1. The van der Waals surface area contributed by atoms with Gasteiger partial charge in [-0.2, -0.15) is 5.10 Å². The molecule has 1 heterocycles. The molecule has 3 rings (SSSR count). The van der Waals surface area contributed by atoms with Crippen LogP contribution in [0.5, 0.6) is 5.75 Å². The summed E-state index contributed by atoms with van der Waals surface area (Å²) in [5.41, 5.74) is 4.62. The van der Waals surface area contributed by atoms with Crippen molar-refractivity contribution in [3.63, 3.8) is 0 Å². The number of nitrogens with one attached hydrogen (secondary N) is 1. The van der Waals surface area contributed by atoms with E-state index >= 15 is 0 Å². The van der Waals surface area contributed by atoms with Crippen molar-refractivity contribution in [3.05, 3.63) is 57.9 Å². The van der Waals surface area contributed by atoms with Crippen molar-refractivity contribution in [1.82, 2.24) is 5.43 Å². The molecule has 1 amide bonds. The zero-order valence-electron chi connectivity index (χ0n) is 16.0. The fourth-order valence-corrected chi connectivity index (χ4v) is 4.33. The van der Waals surface area contributed by atoms with Crippen molar-refractivity contribution in [3.8, 4) is 5.75 Å². The van der Waals surface area contributed by atoms with Crippen LogP contribution in [0.25, 0.3) is 10.1 Å². The maximum atomic E-state index is 12.5. The van der Waals surface area contributed by atoms with Crippen LogP contribution < -0.4 is 15.1 Å². The predicted octanol–water partition coefficient (Wildman–Crippen LogP) is 5.17. The molecule has 2 aromatic carbocycles. The van der Waals surface area contributed by atoms with Gasteiger partial charge in [-0.1, -0.05) is 23.7 Å². The molecule has 5 nitrogen and oxygen atoms in total. The van der Waals surface area contributed by atoms with Crippen molar-refractivity contribution in [2.24, 2.45) is 5.10 Å². The number of thiophene rings is 1. The Labute approximate surface area is 173 Å². The number of ether oxygens (including phenoxy) is 1. The van der Waals surface area contributed by atoms with Crippen LogP contribution in [0.3, 0.4) is 0 Å². The molecule has 0 aliphatic rings. The molecule has 1 aromatic heterocycles. The third-order valence-corrected chi connectivity index (χ3v) is 6.10. The zero-order chi connectivity index (χ0) is 20.1. The van der Waals surface area contributed by atoms with Gasteiger partial charge >= 0.3 is 0 Å². The van der Waals surface area contributed by atoms with Crippen molar-refractivity contribution in [2.75, 3.05) is 25.1 Å². The van der Waals surface area contributed by atoms with Gasteiger partial charge in [0.2, 0.25) is 0 Å². The molecular formula is C21H22ClN3O2S. The van der Waals surface area contributed by atoms with Crippen LogP contribution in [0.2, 0.25) is 5.02 Å². The van der Waals surface area contributed by atoms with E-state index in [1.165, 1.54) is 17.0 Å². The first kappa shape index (κ1) is 20.2. The summed E-state index contributed by atoms with van der Waals surface area (Å²) in [5.74, 6) is 0.393. The first-order valence-corrected chi connectivity index (χ1v) is 10.2. The quantitative estimate of drug-likeness (QED) is 0.427. The fraction of sp³-hybridized carbons (Fsp3) is 0.238. The Morgan fingerprint density at radius 3 is 2.57 bits per heavy atom. The molecule has 7 heteroatoms. The molecule has 28 heavy (non-hydrogen) atoms. The van der Waals surface area contributed by atoms with E-state index < -0.39 is 0 Å². The van der Waals surface area contributed by atoms with Crippen molar-refractivity contribution < 1.29 is 9.53 Å². The fourth-order valence-electron chi connectivity index (χ4n) is 2.89. The number of carbonyl (C=O) groups excluding carboxylic acids is 1. The summed E-state index contributed by atoms with van der Waals surface area (Å²) in [7, 11) is 1.60. The molecule has 3 aromatic rings. The summed E-state index contributed by atoms with van der Waals surface area (Å²) in [6.45, 7) is 6.18. The topological polar surface area (TPSA) is 53.9 Å². The molecule has 0 aliphatic carbocycles. The van der Waals surface area contributed by atoms with E-state index in [0.717, 1.165) is 34.5 Å². The number of amides is 1. The van der Waals surface area contributed by atoms with Gasteiger partial charge in [0.15, 0.2) is 0 Å². The molecule has 0 radical (unpaired) electrons. The van der Waals surface area contributed by atoms with E-state index in [9.17, 15) is 4.79 Å². The third kappa shape index (κ3) is 4.29. The highest BCUT2D eigenvalue weighted by Gasteiger charge is 2.17. The average molecular weight is 416 g/mol. The molecule has 0 saturated carbocycles. The molecule has 0 unspecified atom stereocenters. The summed E-state index contributed by atoms with van der Waals surface area (Å²) in [6.07, 6.45) is 1.62. The minimum atomic E-state index is -0.332. The van der Waals surface area contributed by atoms with Gasteiger partial charge in [0.1, 0.15) is 10.6 Å². The van der Waals surface area contributed by atoms with E-state index in [1.54, 1.807) is 13.3 Å². The molecular weight excluding hydrogens is 394 g/mol. The summed E-state index contributed by atoms with van der Waals surface area (Å²) in [4.78, 5) is 15.2. The van der Waals surface area contributed by atoms with Gasteiger partial charge in [0.25, 0.3) is 5.91 Å². The minimum absolute atomic E-state index is 0.332. The second kappa shape index (κ2) is 9.08. The summed E-state index contributed by atoms with van der Waals surface area (Å²) < 4.78 is 6.11. The maximum absolute atomic E-state index is 12.5. The van der Waals surface area contributed by atoms with E-state index in [0.29, 0.717) is 9.90 Å². The summed E-state index contributed by atoms with van der Waals surface area (Å²) in [6, 6.07) is 13.6. The average Bonchev–Trinajstić information content (AvgIpc) is 3.06. The lowest BCUT2D eigenvalue weighted by atomic mass is 10.2. The molecule has 0 bridgehead atoms. The van der Waals surface area contributed by atoms with Gasteiger partial charge in [-0.05, 0) is 49.7 Å². The first-order chi connectivity index (χ1) is 13.6. The second-order valence-electron chi connectivity index (χ2n) is 6.07. The Hall–Kier alpha value is -2.57. The van der Waals surface area contributed by atoms with E-state index in [4.69, 9.17) is 16.3 Å². The van der Waals surface area contributed by atoms with Crippen LogP contribution in [0.4, 0.5) is 5.69 Å². The van der Waals surface area contributed by atoms with Gasteiger partial charge in [0.05, 0.1) is 18.3 Å². The number of halogens is 1. The lowest BCUT2D eigenvalue weighted by Crippen LogP contribution is -2.21.